The van der Waals surface area contributed by atoms with Crippen LogP contribution in [0.2, 0.25) is 0 Å². The van der Waals surface area contributed by atoms with Crippen LogP contribution in [-0.2, 0) is 21.5 Å². The minimum atomic E-state index is -1.07. The van der Waals surface area contributed by atoms with E-state index in [0.717, 1.165) is 34.4 Å². The first-order valence-electron chi connectivity index (χ1n) is 10.4. The zero-order valence-corrected chi connectivity index (χ0v) is 17.1. The summed E-state index contributed by atoms with van der Waals surface area (Å²) in [5.74, 6) is 0.524. The Labute approximate surface area is 179 Å². The summed E-state index contributed by atoms with van der Waals surface area (Å²) in [5, 5.41) is 5.73. The molecule has 5 rings (SSSR count). The third kappa shape index (κ3) is 3.19. The highest BCUT2D eigenvalue weighted by Gasteiger charge is 2.54. The fraction of sp³-hybridized carbons (Fsp3) is 0.348. The van der Waals surface area contributed by atoms with Crippen molar-refractivity contribution in [3.8, 4) is 11.5 Å². The molecule has 31 heavy (non-hydrogen) atoms. The number of nitrogens with zero attached hydrogens (tertiary/aromatic N) is 1. The Bertz CT molecular complexity index is 1080. The van der Waals surface area contributed by atoms with Crippen molar-refractivity contribution in [2.24, 2.45) is 0 Å². The maximum absolute atomic E-state index is 13.3. The predicted octanol–water partition coefficient (Wildman–Crippen LogP) is 2.38. The average molecular weight is 421 g/mol. The molecule has 2 aliphatic heterocycles. The van der Waals surface area contributed by atoms with E-state index in [9.17, 15) is 14.4 Å². The van der Waals surface area contributed by atoms with Crippen LogP contribution in [0.25, 0.3) is 0 Å². The molecule has 160 valence electrons. The van der Waals surface area contributed by atoms with Crippen LogP contribution in [0.3, 0.4) is 0 Å². The van der Waals surface area contributed by atoms with Crippen molar-refractivity contribution in [3.05, 3.63) is 59.2 Å². The highest BCUT2D eigenvalue weighted by Crippen LogP contribution is 2.40. The lowest BCUT2D eigenvalue weighted by Gasteiger charge is -2.33. The number of aryl methyl sites for hydroxylation is 1. The van der Waals surface area contributed by atoms with Gasteiger partial charge in [0.05, 0.1) is 6.04 Å². The predicted molar refractivity (Wildman–Crippen MR) is 110 cm³/mol. The molecule has 2 N–H and O–H groups in total. The molecule has 1 aliphatic carbocycles. The van der Waals surface area contributed by atoms with E-state index in [4.69, 9.17) is 9.47 Å². The van der Waals surface area contributed by atoms with Crippen molar-refractivity contribution in [1.82, 2.24) is 15.5 Å². The second kappa shape index (κ2) is 7.30. The molecule has 4 amide bonds. The van der Waals surface area contributed by atoms with Crippen molar-refractivity contribution in [3.63, 3.8) is 0 Å². The van der Waals surface area contributed by atoms with Crippen LogP contribution >= 0.6 is 0 Å². The monoisotopic (exact) mass is 421 g/mol. The van der Waals surface area contributed by atoms with Gasteiger partial charge in [0.15, 0.2) is 11.5 Å². The van der Waals surface area contributed by atoms with E-state index in [0.29, 0.717) is 17.9 Å². The molecule has 0 unspecified atom stereocenters. The smallest absolute Gasteiger partial charge is 0.325 e. The summed E-state index contributed by atoms with van der Waals surface area (Å²) in [5.41, 5.74) is 1.66. The number of rotatable bonds is 4. The zero-order chi connectivity index (χ0) is 21.6. The third-order valence-corrected chi connectivity index (χ3v) is 6.23. The molecular formula is C23H23N3O5. The number of imide groups is 1. The highest BCUT2D eigenvalue weighted by atomic mass is 16.7. The minimum absolute atomic E-state index is 0.177. The highest BCUT2D eigenvalue weighted by molar-refractivity contribution is 6.09. The summed E-state index contributed by atoms with van der Waals surface area (Å²) in [6.45, 7) is 1.68. The molecule has 2 heterocycles. The molecule has 1 saturated heterocycles. The number of hydrogen-bond acceptors (Lipinski definition) is 5. The van der Waals surface area contributed by atoms with E-state index in [1.807, 2.05) is 43.3 Å². The largest absolute Gasteiger partial charge is 0.454 e. The number of fused-ring (bicyclic) bond motifs is 3. The van der Waals surface area contributed by atoms with E-state index in [-0.39, 0.29) is 25.3 Å². The first-order valence-corrected chi connectivity index (χ1v) is 10.4. The Hall–Kier alpha value is -3.55. The van der Waals surface area contributed by atoms with Gasteiger partial charge < -0.3 is 20.1 Å². The van der Waals surface area contributed by atoms with Gasteiger partial charge in [-0.3, -0.25) is 14.5 Å². The molecule has 1 spiro atoms. The molecule has 0 aromatic heterocycles. The molecular weight excluding hydrogens is 398 g/mol. The quantitative estimate of drug-likeness (QED) is 0.739. The number of nitrogens with one attached hydrogen (secondary N) is 2. The number of hydrogen-bond donors (Lipinski definition) is 2. The third-order valence-electron chi connectivity index (χ3n) is 6.23. The molecule has 2 aromatic rings. The summed E-state index contributed by atoms with van der Waals surface area (Å²) >= 11 is 0. The van der Waals surface area contributed by atoms with Crippen LogP contribution in [0.1, 0.15) is 42.5 Å². The van der Waals surface area contributed by atoms with Crippen LogP contribution < -0.4 is 20.1 Å². The van der Waals surface area contributed by atoms with Crippen LogP contribution in [0.15, 0.2) is 42.5 Å². The fourth-order valence-electron chi connectivity index (χ4n) is 4.65. The second-order valence-electron chi connectivity index (χ2n) is 8.14. The lowest BCUT2D eigenvalue weighted by Crippen LogP contribution is -2.47. The van der Waals surface area contributed by atoms with Gasteiger partial charge in [0.1, 0.15) is 12.1 Å². The first kappa shape index (κ1) is 19.4. The van der Waals surface area contributed by atoms with Gasteiger partial charge in [0.2, 0.25) is 12.7 Å². The minimum Gasteiger partial charge on any atom is -0.454 e. The SMILES string of the molecule is C[C@H](NC(=O)CN1C(=O)N[C@@]2(CCCc3ccccc32)C1=O)c1ccc2c(c1)OCO2. The summed E-state index contributed by atoms with van der Waals surface area (Å²) in [6.07, 6.45) is 2.19. The van der Waals surface area contributed by atoms with Crippen molar-refractivity contribution >= 4 is 17.8 Å². The molecule has 0 bridgehead atoms. The lowest BCUT2D eigenvalue weighted by atomic mass is 9.76. The second-order valence-corrected chi connectivity index (χ2v) is 8.14. The van der Waals surface area contributed by atoms with E-state index >= 15 is 0 Å². The van der Waals surface area contributed by atoms with Crippen LogP contribution in [0, 0.1) is 0 Å². The van der Waals surface area contributed by atoms with Gasteiger partial charge in [-0.1, -0.05) is 30.3 Å². The summed E-state index contributed by atoms with van der Waals surface area (Å²) in [7, 11) is 0. The Morgan fingerprint density at radius 2 is 2.00 bits per heavy atom. The topological polar surface area (TPSA) is 97.0 Å². The van der Waals surface area contributed by atoms with Crippen molar-refractivity contribution in [2.75, 3.05) is 13.3 Å². The summed E-state index contributed by atoms with van der Waals surface area (Å²) in [4.78, 5) is 39.7. The Morgan fingerprint density at radius 1 is 1.19 bits per heavy atom. The van der Waals surface area contributed by atoms with E-state index < -0.39 is 17.5 Å². The summed E-state index contributed by atoms with van der Waals surface area (Å²) in [6, 6.07) is 12.3. The number of urea groups is 1. The molecule has 8 heteroatoms. The normalized spacial score (nSPS) is 22.3. The van der Waals surface area contributed by atoms with Crippen molar-refractivity contribution < 1.29 is 23.9 Å². The van der Waals surface area contributed by atoms with Crippen molar-refractivity contribution in [2.45, 2.75) is 37.8 Å². The van der Waals surface area contributed by atoms with Gasteiger partial charge in [-0.25, -0.2) is 4.79 Å². The number of ether oxygens (including phenoxy) is 2. The number of amides is 4. The van der Waals surface area contributed by atoms with Gasteiger partial charge in [-0.2, -0.15) is 0 Å². The van der Waals surface area contributed by atoms with Gasteiger partial charge in [-0.05, 0) is 55.0 Å². The molecule has 1 fully saturated rings. The van der Waals surface area contributed by atoms with Gasteiger partial charge in [0.25, 0.3) is 5.91 Å². The van der Waals surface area contributed by atoms with Crippen molar-refractivity contribution in [1.29, 1.82) is 0 Å². The van der Waals surface area contributed by atoms with Gasteiger partial charge >= 0.3 is 6.03 Å². The maximum Gasteiger partial charge on any atom is 0.325 e. The van der Waals surface area contributed by atoms with E-state index in [2.05, 4.69) is 10.6 Å². The zero-order valence-electron chi connectivity index (χ0n) is 17.1. The molecule has 2 atom stereocenters. The standard InChI is InChI=1S/C23H23N3O5/c1-14(16-8-9-18-19(11-16)31-13-30-18)24-20(27)12-26-21(28)23(25-22(26)29)10-4-6-15-5-2-3-7-17(15)23/h2-3,5,7-9,11,14H,4,6,10,12-13H2,1H3,(H,24,27)(H,25,29)/t14-,23+/m0/s1. The first-order chi connectivity index (χ1) is 15.0. The Morgan fingerprint density at radius 3 is 2.87 bits per heavy atom. The molecule has 3 aliphatic rings. The summed E-state index contributed by atoms with van der Waals surface area (Å²) < 4.78 is 10.7. The van der Waals surface area contributed by atoms with E-state index in [1.54, 1.807) is 6.07 Å². The number of benzene rings is 2. The number of carbonyl (C=O) groups is 3. The van der Waals surface area contributed by atoms with Crippen LogP contribution in [0.4, 0.5) is 4.79 Å². The Balaban J connectivity index is 1.30. The van der Waals surface area contributed by atoms with Crippen LogP contribution in [-0.4, -0.2) is 36.1 Å². The van der Waals surface area contributed by atoms with Crippen LogP contribution in [0.5, 0.6) is 11.5 Å². The molecule has 0 radical (unpaired) electrons. The maximum atomic E-state index is 13.3. The lowest BCUT2D eigenvalue weighted by molar-refractivity contribution is -0.135. The van der Waals surface area contributed by atoms with Gasteiger partial charge in [0, 0.05) is 0 Å². The average Bonchev–Trinajstić information content (AvgIpc) is 3.32. The molecule has 0 saturated carbocycles. The fourth-order valence-corrected chi connectivity index (χ4v) is 4.65. The molecule has 2 aromatic carbocycles. The Kier molecular flexibility index (Phi) is 4.57. The van der Waals surface area contributed by atoms with E-state index in [1.165, 1.54) is 0 Å². The number of carbonyl (C=O) groups excluding carboxylic acids is 3. The van der Waals surface area contributed by atoms with Gasteiger partial charge in [-0.15, -0.1) is 0 Å². The molecule has 8 nitrogen and oxygen atoms in total.